The number of furan rings is 1. The Hall–Kier alpha value is -2.57. The van der Waals surface area contributed by atoms with E-state index in [9.17, 15) is 10.1 Å². The standard InChI is InChI=1S/C17H13BrN4O3S/c18-14-4-3-13(26-14)16(23)21-5-7-22(8-6-21)17-11(10-19)20-15(25-17)12-2-1-9-24-12/h1-4,9H,5-8H2. The van der Waals surface area contributed by atoms with Crippen LogP contribution in [0.1, 0.15) is 15.4 Å². The van der Waals surface area contributed by atoms with Crippen molar-refractivity contribution in [2.75, 3.05) is 31.1 Å². The molecule has 0 atom stereocenters. The monoisotopic (exact) mass is 432 g/mol. The average molecular weight is 433 g/mol. The Morgan fingerprint density at radius 3 is 2.69 bits per heavy atom. The van der Waals surface area contributed by atoms with Gasteiger partial charge in [0.05, 0.1) is 14.9 Å². The fourth-order valence-electron chi connectivity index (χ4n) is 2.80. The Bertz CT molecular complexity index is 965. The minimum absolute atomic E-state index is 0.0229. The van der Waals surface area contributed by atoms with Crippen molar-refractivity contribution in [3.63, 3.8) is 0 Å². The maximum atomic E-state index is 12.5. The number of nitrogens with zero attached hydrogens (tertiary/aromatic N) is 4. The number of carbonyl (C=O) groups excluding carboxylic acids is 1. The number of rotatable bonds is 3. The smallest absolute Gasteiger partial charge is 0.266 e. The SMILES string of the molecule is N#Cc1nc(-c2ccco2)oc1N1CCN(C(=O)c2ccc(Br)s2)CC1. The van der Waals surface area contributed by atoms with Crippen LogP contribution < -0.4 is 4.90 Å². The first-order valence-corrected chi connectivity index (χ1v) is 9.51. The highest BCUT2D eigenvalue weighted by Gasteiger charge is 2.28. The zero-order valence-electron chi connectivity index (χ0n) is 13.5. The molecule has 0 spiro atoms. The molecule has 132 valence electrons. The van der Waals surface area contributed by atoms with Gasteiger partial charge in [-0.1, -0.05) is 0 Å². The molecule has 0 N–H and O–H groups in total. The molecular formula is C17H13BrN4O3S. The maximum absolute atomic E-state index is 12.5. The molecule has 26 heavy (non-hydrogen) atoms. The lowest BCUT2D eigenvalue weighted by Crippen LogP contribution is -2.48. The summed E-state index contributed by atoms with van der Waals surface area (Å²) >= 11 is 4.81. The van der Waals surface area contributed by atoms with Crippen molar-refractivity contribution in [1.82, 2.24) is 9.88 Å². The minimum atomic E-state index is 0.0229. The van der Waals surface area contributed by atoms with E-state index in [0.29, 0.717) is 42.7 Å². The van der Waals surface area contributed by atoms with E-state index in [-0.39, 0.29) is 17.5 Å². The van der Waals surface area contributed by atoms with Crippen molar-refractivity contribution in [3.8, 4) is 17.7 Å². The van der Waals surface area contributed by atoms with Crippen LogP contribution in [0.5, 0.6) is 0 Å². The minimum Gasteiger partial charge on any atom is -0.459 e. The molecule has 4 rings (SSSR count). The Balaban J connectivity index is 1.48. The van der Waals surface area contributed by atoms with E-state index in [0.717, 1.165) is 3.79 Å². The summed E-state index contributed by atoms with van der Waals surface area (Å²) in [4.78, 5) is 21.2. The van der Waals surface area contributed by atoms with Gasteiger partial charge in [-0.25, -0.2) is 0 Å². The van der Waals surface area contributed by atoms with E-state index in [4.69, 9.17) is 8.83 Å². The Morgan fingerprint density at radius 2 is 2.08 bits per heavy atom. The van der Waals surface area contributed by atoms with Crippen molar-refractivity contribution in [1.29, 1.82) is 5.26 Å². The predicted octanol–water partition coefficient (Wildman–Crippen LogP) is 3.59. The number of amides is 1. The van der Waals surface area contributed by atoms with Crippen molar-refractivity contribution < 1.29 is 13.6 Å². The summed E-state index contributed by atoms with van der Waals surface area (Å²) in [7, 11) is 0. The van der Waals surface area contributed by atoms with Gasteiger partial charge in [-0.15, -0.1) is 11.3 Å². The number of thiophene rings is 1. The third-order valence-electron chi connectivity index (χ3n) is 4.09. The average Bonchev–Trinajstić information content (AvgIpc) is 3.41. The highest BCUT2D eigenvalue weighted by Crippen LogP contribution is 2.29. The normalized spacial score (nSPS) is 14.5. The molecule has 7 nitrogen and oxygen atoms in total. The van der Waals surface area contributed by atoms with Gasteiger partial charge in [-0.05, 0) is 40.2 Å². The first kappa shape index (κ1) is 16.9. The number of hydrogen-bond acceptors (Lipinski definition) is 7. The van der Waals surface area contributed by atoms with Gasteiger partial charge in [0, 0.05) is 26.2 Å². The Morgan fingerprint density at radius 1 is 1.27 bits per heavy atom. The van der Waals surface area contributed by atoms with E-state index >= 15 is 0 Å². The molecule has 1 saturated heterocycles. The fourth-order valence-corrected chi connectivity index (χ4v) is 4.16. The van der Waals surface area contributed by atoms with Gasteiger partial charge >= 0.3 is 0 Å². The number of anilines is 1. The third kappa shape index (κ3) is 3.13. The number of hydrogen-bond donors (Lipinski definition) is 0. The van der Waals surface area contributed by atoms with Crippen LogP contribution in [0.25, 0.3) is 11.7 Å². The molecule has 0 aliphatic carbocycles. The number of oxazole rings is 1. The Labute approximate surface area is 161 Å². The van der Waals surface area contributed by atoms with Crippen LogP contribution in [0, 0.1) is 11.3 Å². The molecule has 0 unspecified atom stereocenters. The quantitative estimate of drug-likeness (QED) is 0.628. The van der Waals surface area contributed by atoms with Crippen LogP contribution in [0.15, 0.2) is 43.1 Å². The summed E-state index contributed by atoms with van der Waals surface area (Å²) in [6.07, 6.45) is 1.53. The molecule has 1 amide bonds. The maximum Gasteiger partial charge on any atom is 0.266 e. The zero-order chi connectivity index (χ0) is 18.1. The van der Waals surface area contributed by atoms with Gasteiger partial charge in [0.2, 0.25) is 11.6 Å². The Kier molecular flexibility index (Phi) is 4.53. The second-order valence-electron chi connectivity index (χ2n) is 5.64. The van der Waals surface area contributed by atoms with Crippen LogP contribution >= 0.6 is 27.3 Å². The highest BCUT2D eigenvalue weighted by molar-refractivity contribution is 9.11. The predicted molar refractivity (Wildman–Crippen MR) is 99.1 cm³/mol. The molecule has 1 fully saturated rings. The van der Waals surface area contributed by atoms with E-state index in [2.05, 4.69) is 27.0 Å². The van der Waals surface area contributed by atoms with Gasteiger partial charge < -0.3 is 18.6 Å². The lowest BCUT2D eigenvalue weighted by Gasteiger charge is -2.34. The first-order chi connectivity index (χ1) is 12.7. The van der Waals surface area contributed by atoms with Gasteiger partial charge in [0.15, 0.2) is 5.76 Å². The van der Waals surface area contributed by atoms with Crippen LogP contribution in [0.4, 0.5) is 5.88 Å². The van der Waals surface area contributed by atoms with E-state index in [1.54, 1.807) is 12.1 Å². The highest BCUT2D eigenvalue weighted by atomic mass is 79.9. The van der Waals surface area contributed by atoms with Crippen molar-refractivity contribution in [3.05, 3.63) is 44.9 Å². The summed E-state index contributed by atoms with van der Waals surface area (Å²) in [6, 6.07) is 9.22. The molecular weight excluding hydrogens is 420 g/mol. The summed E-state index contributed by atoms with van der Waals surface area (Å²) in [5.41, 5.74) is 0.221. The summed E-state index contributed by atoms with van der Waals surface area (Å²) < 4.78 is 12.0. The molecule has 0 radical (unpaired) electrons. The van der Waals surface area contributed by atoms with E-state index in [1.165, 1.54) is 17.6 Å². The zero-order valence-corrected chi connectivity index (χ0v) is 15.9. The summed E-state index contributed by atoms with van der Waals surface area (Å²) in [5.74, 6) is 1.20. The molecule has 9 heteroatoms. The van der Waals surface area contributed by atoms with Gasteiger partial charge in [0.25, 0.3) is 11.8 Å². The molecule has 1 aliphatic rings. The molecule has 0 aromatic carbocycles. The number of piperazine rings is 1. The number of halogens is 1. The first-order valence-electron chi connectivity index (χ1n) is 7.90. The van der Waals surface area contributed by atoms with E-state index < -0.39 is 0 Å². The van der Waals surface area contributed by atoms with Crippen molar-refractivity contribution >= 4 is 39.1 Å². The molecule has 0 saturated carbocycles. The lowest BCUT2D eigenvalue weighted by atomic mass is 10.3. The number of nitriles is 1. The largest absolute Gasteiger partial charge is 0.459 e. The summed E-state index contributed by atoms with van der Waals surface area (Å²) in [5, 5.41) is 9.35. The molecule has 4 heterocycles. The van der Waals surface area contributed by atoms with E-state index in [1.807, 2.05) is 21.9 Å². The van der Waals surface area contributed by atoms with Crippen LogP contribution in [-0.2, 0) is 0 Å². The van der Waals surface area contributed by atoms with Crippen molar-refractivity contribution in [2.45, 2.75) is 0 Å². The lowest BCUT2D eigenvalue weighted by molar-refractivity contribution is 0.0750. The summed E-state index contributed by atoms with van der Waals surface area (Å²) in [6.45, 7) is 2.24. The van der Waals surface area contributed by atoms with Crippen molar-refractivity contribution in [2.24, 2.45) is 0 Å². The van der Waals surface area contributed by atoms with Crippen LogP contribution in [-0.4, -0.2) is 42.0 Å². The van der Waals surface area contributed by atoms with Gasteiger partial charge in [-0.2, -0.15) is 10.2 Å². The number of aromatic nitrogens is 1. The molecule has 3 aromatic rings. The molecule has 1 aliphatic heterocycles. The van der Waals surface area contributed by atoms with Gasteiger partial charge in [-0.3, -0.25) is 4.79 Å². The molecule has 3 aromatic heterocycles. The second-order valence-corrected chi connectivity index (χ2v) is 8.11. The van der Waals surface area contributed by atoms with Gasteiger partial charge in [0.1, 0.15) is 6.07 Å². The topological polar surface area (TPSA) is 86.5 Å². The van der Waals surface area contributed by atoms with Crippen LogP contribution in [0.2, 0.25) is 0 Å². The second kappa shape index (κ2) is 6.97. The third-order valence-corrected chi connectivity index (χ3v) is 5.70. The fraction of sp³-hybridized carbons (Fsp3) is 0.235. The molecule has 0 bridgehead atoms. The number of carbonyl (C=O) groups is 1. The van der Waals surface area contributed by atoms with Crippen LogP contribution in [0.3, 0.4) is 0 Å².